The predicted octanol–water partition coefficient (Wildman–Crippen LogP) is 3.43. The molecule has 1 aromatic carbocycles. The van der Waals surface area contributed by atoms with E-state index in [0.29, 0.717) is 0 Å². The van der Waals surface area contributed by atoms with Crippen LogP contribution < -0.4 is 9.62 Å². The molecule has 1 fully saturated rings. The number of anilines is 1. The molecule has 1 aromatic rings. The summed E-state index contributed by atoms with van der Waals surface area (Å²) in [5.41, 5.74) is 1.00. The lowest BCUT2D eigenvalue weighted by molar-refractivity contribution is 0.327. The molecule has 1 N–H and O–H groups in total. The number of rotatable bonds is 5. The third-order valence-electron chi connectivity index (χ3n) is 4.77. The van der Waals surface area contributed by atoms with Crippen LogP contribution >= 0.6 is 0 Å². The molecule has 5 nitrogen and oxygen atoms in total. The summed E-state index contributed by atoms with van der Waals surface area (Å²) >= 11 is 0. The highest BCUT2D eigenvalue weighted by Gasteiger charge is 2.38. The lowest BCUT2D eigenvalue weighted by Crippen LogP contribution is -2.51. The molecule has 1 heterocycles. The number of hydrogen-bond acceptors (Lipinski definition) is 3. The van der Waals surface area contributed by atoms with Gasteiger partial charge in [-0.2, -0.15) is 13.1 Å². The Labute approximate surface area is 145 Å². The maximum absolute atomic E-state index is 12.9. The maximum Gasteiger partial charge on any atom is 0.303 e. The average Bonchev–Trinajstić information content (AvgIpc) is 3.02. The summed E-state index contributed by atoms with van der Waals surface area (Å²) in [6, 6.07) is 9.98. The number of para-hydroxylation sites is 1. The zero-order valence-electron chi connectivity index (χ0n) is 14.4. The maximum atomic E-state index is 12.9. The molecular formula is C18H27N3O2S. The van der Waals surface area contributed by atoms with Crippen molar-refractivity contribution in [3.8, 4) is 0 Å². The fraction of sp³-hybridized carbons (Fsp3) is 0.556. The van der Waals surface area contributed by atoms with E-state index < -0.39 is 10.2 Å². The van der Waals surface area contributed by atoms with E-state index in [9.17, 15) is 8.42 Å². The van der Waals surface area contributed by atoms with Crippen molar-refractivity contribution in [1.29, 1.82) is 0 Å². The monoisotopic (exact) mass is 349 g/mol. The Morgan fingerprint density at radius 1 is 1.04 bits per heavy atom. The minimum atomic E-state index is -3.54. The molecule has 1 unspecified atom stereocenters. The van der Waals surface area contributed by atoms with Crippen molar-refractivity contribution in [3.63, 3.8) is 0 Å². The first kappa shape index (κ1) is 17.3. The Morgan fingerprint density at radius 3 is 2.33 bits per heavy atom. The van der Waals surface area contributed by atoms with Crippen molar-refractivity contribution in [2.45, 2.75) is 58.2 Å². The molecule has 6 heteroatoms. The Bertz CT molecular complexity index is 667. The topological polar surface area (TPSA) is 52.7 Å². The summed E-state index contributed by atoms with van der Waals surface area (Å²) in [7, 11) is -3.54. The van der Waals surface area contributed by atoms with Gasteiger partial charge in [-0.3, -0.25) is 0 Å². The smallest absolute Gasteiger partial charge is 0.303 e. The fourth-order valence-electron chi connectivity index (χ4n) is 3.60. The normalized spacial score (nSPS) is 22.5. The van der Waals surface area contributed by atoms with Crippen LogP contribution in [0.4, 0.5) is 5.69 Å². The van der Waals surface area contributed by atoms with Gasteiger partial charge >= 0.3 is 10.2 Å². The van der Waals surface area contributed by atoms with Gasteiger partial charge in [0.1, 0.15) is 6.17 Å². The van der Waals surface area contributed by atoms with Gasteiger partial charge in [0.15, 0.2) is 0 Å². The molecular weight excluding hydrogens is 322 g/mol. The van der Waals surface area contributed by atoms with Crippen molar-refractivity contribution in [2.75, 3.05) is 4.90 Å². The Balaban J connectivity index is 1.80. The molecule has 1 atom stereocenters. The van der Waals surface area contributed by atoms with E-state index in [1.807, 2.05) is 41.4 Å². The molecule has 24 heavy (non-hydrogen) atoms. The summed E-state index contributed by atoms with van der Waals surface area (Å²) in [4.78, 5) is 2.03. The van der Waals surface area contributed by atoms with Crippen molar-refractivity contribution in [2.24, 2.45) is 5.92 Å². The van der Waals surface area contributed by atoms with Gasteiger partial charge in [-0.1, -0.05) is 51.3 Å². The number of nitrogens with one attached hydrogen (secondary N) is 1. The summed E-state index contributed by atoms with van der Waals surface area (Å²) in [5, 5.41) is 0. The molecule has 1 aliphatic heterocycles. The molecule has 1 aliphatic carbocycles. The summed E-state index contributed by atoms with van der Waals surface area (Å²) in [6.07, 6.45) is 8.59. The molecule has 0 radical (unpaired) electrons. The standard InChI is InChI=1S/C18H27N3O2S/c1-15(2)18-20(17-11-7-4-8-12-17)13-14-21(18)24(22,23)19-16-9-5-3-6-10-16/h4,7-8,11-16,18-19H,3,5-6,9-10H2,1-2H3. The van der Waals surface area contributed by atoms with Crippen LogP contribution in [0.5, 0.6) is 0 Å². The molecule has 2 aliphatic rings. The number of benzene rings is 1. The van der Waals surface area contributed by atoms with Crippen LogP contribution in [0.25, 0.3) is 0 Å². The van der Waals surface area contributed by atoms with Crippen molar-refractivity contribution in [3.05, 3.63) is 42.7 Å². The SMILES string of the molecule is CC(C)C1N(c2ccccc2)C=CN1S(=O)(=O)NC1CCCCC1. The van der Waals surface area contributed by atoms with E-state index in [2.05, 4.69) is 18.6 Å². The van der Waals surface area contributed by atoms with Gasteiger partial charge in [0.05, 0.1) is 0 Å². The van der Waals surface area contributed by atoms with Gasteiger partial charge in [0.2, 0.25) is 0 Å². The van der Waals surface area contributed by atoms with Crippen LogP contribution in [0.1, 0.15) is 46.0 Å². The van der Waals surface area contributed by atoms with Gasteiger partial charge in [0.25, 0.3) is 0 Å². The van der Waals surface area contributed by atoms with E-state index in [1.165, 1.54) is 10.7 Å². The highest BCUT2D eigenvalue weighted by atomic mass is 32.2. The van der Waals surface area contributed by atoms with Crippen LogP contribution in [0.2, 0.25) is 0 Å². The van der Waals surface area contributed by atoms with E-state index in [0.717, 1.165) is 31.4 Å². The second kappa shape index (κ2) is 7.15. The molecule has 0 aromatic heterocycles. The molecule has 3 rings (SSSR count). The van der Waals surface area contributed by atoms with Gasteiger partial charge in [0, 0.05) is 24.1 Å². The molecule has 0 spiro atoms. The van der Waals surface area contributed by atoms with E-state index in [-0.39, 0.29) is 18.1 Å². The van der Waals surface area contributed by atoms with Crippen molar-refractivity contribution >= 4 is 15.9 Å². The summed E-state index contributed by atoms with van der Waals surface area (Å²) < 4.78 is 30.3. The van der Waals surface area contributed by atoms with Crippen LogP contribution in [0, 0.1) is 5.92 Å². The van der Waals surface area contributed by atoms with Gasteiger partial charge in [-0.05, 0) is 30.9 Å². The molecule has 0 amide bonds. The van der Waals surface area contributed by atoms with Crippen LogP contribution in [0.3, 0.4) is 0 Å². The second-order valence-corrected chi connectivity index (χ2v) is 8.59. The lowest BCUT2D eigenvalue weighted by atomic mass is 9.96. The minimum Gasteiger partial charge on any atom is -0.324 e. The Morgan fingerprint density at radius 2 is 1.71 bits per heavy atom. The second-order valence-electron chi connectivity index (χ2n) is 6.99. The first-order chi connectivity index (χ1) is 11.5. The first-order valence-corrected chi connectivity index (χ1v) is 10.3. The number of nitrogens with zero attached hydrogens (tertiary/aromatic N) is 2. The molecule has 0 bridgehead atoms. The number of hydrogen-bond donors (Lipinski definition) is 1. The third kappa shape index (κ3) is 3.59. The quantitative estimate of drug-likeness (QED) is 0.886. The molecule has 132 valence electrons. The van der Waals surface area contributed by atoms with E-state index >= 15 is 0 Å². The molecule has 0 saturated heterocycles. The molecule has 1 saturated carbocycles. The van der Waals surface area contributed by atoms with Gasteiger partial charge < -0.3 is 4.90 Å². The third-order valence-corrected chi connectivity index (χ3v) is 6.29. The van der Waals surface area contributed by atoms with Gasteiger partial charge in [-0.15, -0.1) is 0 Å². The van der Waals surface area contributed by atoms with E-state index in [4.69, 9.17) is 0 Å². The largest absolute Gasteiger partial charge is 0.324 e. The first-order valence-electron chi connectivity index (χ1n) is 8.81. The zero-order chi connectivity index (χ0) is 17.2. The van der Waals surface area contributed by atoms with Crippen LogP contribution in [0.15, 0.2) is 42.7 Å². The van der Waals surface area contributed by atoms with E-state index in [1.54, 1.807) is 6.20 Å². The van der Waals surface area contributed by atoms with Crippen LogP contribution in [-0.4, -0.2) is 24.9 Å². The lowest BCUT2D eigenvalue weighted by Gasteiger charge is -2.36. The summed E-state index contributed by atoms with van der Waals surface area (Å²) in [6.45, 7) is 4.10. The van der Waals surface area contributed by atoms with Crippen molar-refractivity contribution in [1.82, 2.24) is 9.03 Å². The average molecular weight is 350 g/mol. The van der Waals surface area contributed by atoms with Crippen molar-refractivity contribution < 1.29 is 8.42 Å². The van der Waals surface area contributed by atoms with Gasteiger partial charge in [-0.25, -0.2) is 4.31 Å². The fourth-order valence-corrected chi connectivity index (χ4v) is 5.23. The zero-order valence-corrected chi connectivity index (χ0v) is 15.2. The summed E-state index contributed by atoms with van der Waals surface area (Å²) in [5.74, 6) is 0.156. The Hall–Kier alpha value is -1.53. The predicted molar refractivity (Wildman–Crippen MR) is 97.5 cm³/mol. The minimum absolute atomic E-state index is 0.0655. The highest BCUT2D eigenvalue weighted by molar-refractivity contribution is 7.87. The highest BCUT2D eigenvalue weighted by Crippen LogP contribution is 2.31. The van der Waals surface area contributed by atoms with Crippen LogP contribution in [-0.2, 0) is 10.2 Å². The Kier molecular flexibility index (Phi) is 5.15.